The number of hydrogen-bond acceptors (Lipinski definition) is 5. The molecule has 0 aliphatic rings. The number of nitrogens with two attached hydrogens (primary N) is 1. The maximum Gasteiger partial charge on any atom is 0.337 e. The number of carbonyl (C=O) groups excluding carboxylic acids is 1. The first-order valence-corrected chi connectivity index (χ1v) is 6.88. The van der Waals surface area contributed by atoms with Gasteiger partial charge in [0.25, 0.3) is 0 Å². The van der Waals surface area contributed by atoms with E-state index < -0.39 is 0 Å². The standard InChI is InChI=1S/C15H24N2O3/c1-11(2)20-9-5-4-8-17-14-7-6-12(10-13(14)16)15(18)19-3/h6-7,10-11,17H,4-5,8-9,16H2,1-3H3. The number of nitrogen functional groups attached to an aromatic ring is 1. The quantitative estimate of drug-likeness (QED) is 0.435. The molecule has 1 aromatic carbocycles. The van der Waals surface area contributed by atoms with Crippen molar-refractivity contribution in [2.75, 3.05) is 31.3 Å². The number of hydrogen-bond donors (Lipinski definition) is 2. The topological polar surface area (TPSA) is 73.6 Å². The average molecular weight is 280 g/mol. The van der Waals surface area contributed by atoms with Crippen molar-refractivity contribution >= 4 is 17.3 Å². The molecule has 0 heterocycles. The molecular weight excluding hydrogens is 256 g/mol. The van der Waals surface area contributed by atoms with Gasteiger partial charge in [-0.25, -0.2) is 4.79 Å². The van der Waals surface area contributed by atoms with Crippen LogP contribution in [0.2, 0.25) is 0 Å². The van der Waals surface area contributed by atoms with Gasteiger partial charge in [0.15, 0.2) is 0 Å². The highest BCUT2D eigenvalue weighted by Crippen LogP contribution is 2.20. The van der Waals surface area contributed by atoms with Crippen LogP contribution in [0.15, 0.2) is 18.2 Å². The summed E-state index contributed by atoms with van der Waals surface area (Å²) in [4.78, 5) is 11.4. The lowest BCUT2D eigenvalue weighted by atomic mass is 10.1. The molecular formula is C15H24N2O3. The van der Waals surface area contributed by atoms with E-state index in [1.807, 2.05) is 13.8 Å². The van der Waals surface area contributed by atoms with Crippen molar-refractivity contribution in [1.82, 2.24) is 0 Å². The maximum atomic E-state index is 11.4. The van der Waals surface area contributed by atoms with Gasteiger partial charge in [0.1, 0.15) is 0 Å². The fourth-order valence-corrected chi connectivity index (χ4v) is 1.74. The van der Waals surface area contributed by atoms with Gasteiger partial charge in [-0.3, -0.25) is 0 Å². The molecule has 0 amide bonds. The lowest BCUT2D eigenvalue weighted by Gasteiger charge is -2.11. The van der Waals surface area contributed by atoms with E-state index in [0.29, 0.717) is 11.3 Å². The molecule has 0 aromatic heterocycles. The molecule has 1 aromatic rings. The van der Waals surface area contributed by atoms with Crippen molar-refractivity contribution in [2.45, 2.75) is 32.8 Å². The summed E-state index contributed by atoms with van der Waals surface area (Å²) in [7, 11) is 1.35. The number of esters is 1. The van der Waals surface area contributed by atoms with Gasteiger partial charge >= 0.3 is 5.97 Å². The van der Waals surface area contributed by atoms with Crippen LogP contribution in [0, 0.1) is 0 Å². The Morgan fingerprint density at radius 3 is 2.70 bits per heavy atom. The van der Waals surface area contributed by atoms with Gasteiger partial charge in [0, 0.05) is 13.2 Å². The number of carbonyl (C=O) groups is 1. The molecule has 0 saturated heterocycles. The molecule has 0 aliphatic carbocycles. The van der Waals surface area contributed by atoms with Crippen LogP contribution in [0.5, 0.6) is 0 Å². The van der Waals surface area contributed by atoms with Gasteiger partial charge in [-0.2, -0.15) is 0 Å². The number of methoxy groups -OCH3 is 1. The maximum absolute atomic E-state index is 11.4. The first-order valence-electron chi connectivity index (χ1n) is 6.88. The summed E-state index contributed by atoms with van der Waals surface area (Å²) < 4.78 is 10.1. The highest BCUT2D eigenvalue weighted by Gasteiger charge is 2.07. The minimum Gasteiger partial charge on any atom is -0.465 e. The molecule has 0 saturated carbocycles. The second-order valence-corrected chi connectivity index (χ2v) is 4.85. The van der Waals surface area contributed by atoms with E-state index in [-0.39, 0.29) is 12.1 Å². The van der Waals surface area contributed by atoms with E-state index in [2.05, 4.69) is 10.1 Å². The van der Waals surface area contributed by atoms with Crippen LogP contribution in [0.4, 0.5) is 11.4 Å². The molecule has 0 aliphatic heterocycles. The van der Waals surface area contributed by atoms with Crippen LogP contribution in [0.1, 0.15) is 37.0 Å². The zero-order valence-corrected chi connectivity index (χ0v) is 12.4. The van der Waals surface area contributed by atoms with Crippen molar-refractivity contribution in [1.29, 1.82) is 0 Å². The lowest BCUT2D eigenvalue weighted by Crippen LogP contribution is -2.09. The van der Waals surface area contributed by atoms with Crippen LogP contribution < -0.4 is 11.1 Å². The smallest absolute Gasteiger partial charge is 0.337 e. The Kier molecular flexibility index (Phi) is 6.87. The summed E-state index contributed by atoms with van der Waals surface area (Å²) in [5.41, 5.74) is 7.74. The van der Waals surface area contributed by atoms with E-state index in [1.165, 1.54) is 7.11 Å². The van der Waals surface area contributed by atoms with Crippen molar-refractivity contribution in [3.8, 4) is 0 Å². The molecule has 3 N–H and O–H groups in total. The SMILES string of the molecule is COC(=O)c1ccc(NCCCCOC(C)C)c(N)c1. The fraction of sp³-hybridized carbons (Fsp3) is 0.533. The Morgan fingerprint density at radius 1 is 1.35 bits per heavy atom. The molecule has 0 atom stereocenters. The van der Waals surface area contributed by atoms with E-state index in [9.17, 15) is 4.79 Å². The highest BCUT2D eigenvalue weighted by molar-refractivity contribution is 5.91. The fourth-order valence-electron chi connectivity index (χ4n) is 1.74. The normalized spacial score (nSPS) is 10.6. The molecule has 5 heteroatoms. The summed E-state index contributed by atoms with van der Waals surface area (Å²) in [5, 5.41) is 3.25. The zero-order valence-electron chi connectivity index (χ0n) is 12.4. The van der Waals surface area contributed by atoms with E-state index >= 15 is 0 Å². The molecule has 1 rings (SSSR count). The zero-order chi connectivity index (χ0) is 15.0. The Morgan fingerprint density at radius 2 is 2.10 bits per heavy atom. The number of rotatable bonds is 8. The first kappa shape index (κ1) is 16.3. The second-order valence-electron chi connectivity index (χ2n) is 4.85. The largest absolute Gasteiger partial charge is 0.465 e. The highest BCUT2D eigenvalue weighted by atomic mass is 16.5. The number of ether oxygens (including phenoxy) is 2. The number of benzene rings is 1. The molecule has 0 fully saturated rings. The van der Waals surface area contributed by atoms with Gasteiger partial charge in [-0.15, -0.1) is 0 Å². The van der Waals surface area contributed by atoms with Crippen molar-refractivity contribution in [3.63, 3.8) is 0 Å². The number of nitrogens with one attached hydrogen (secondary N) is 1. The van der Waals surface area contributed by atoms with Crippen LogP contribution in [0.25, 0.3) is 0 Å². The minimum absolute atomic E-state index is 0.282. The summed E-state index contributed by atoms with van der Waals surface area (Å²) in [6.45, 7) is 5.66. The molecule has 0 radical (unpaired) electrons. The van der Waals surface area contributed by atoms with Gasteiger partial charge < -0.3 is 20.5 Å². The molecule has 0 bridgehead atoms. The Balaban J connectivity index is 2.36. The third-order valence-corrected chi connectivity index (χ3v) is 2.81. The monoisotopic (exact) mass is 280 g/mol. The summed E-state index contributed by atoms with van der Waals surface area (Å²) in [5.74, 6) is -0.380. The number of unbranched alkanes of at least 4 members (excludes halogenated alkanes) is 1. The second kappa shape index (κ2) is 8.43. The molecule has 0 unspecified atom stereocenters. The van der Waals surface area contributed by atoms with Gasteiger partial charge in [-0.05, 0) is 44.9 Å². The Labute approximate surface area is 120 Å². The van der Waals surface area contributed by atoms with Crippen molar-refractivity contribution in [2.24, 2.45) is 0 Å². The summed E-state index contributed by atoms with van der Waals surface area (Å²) >= 11 is 0. The number of anilines is 2. The molecule has 5 nitrogen and oxygen atoms in total. The minimum atomic E-state index is -0.380. The molecule has 20 heavy (non-hydrogen) atoms. The van der Waals surface area contributed by atoms with Gasteiger partial charge in [0.2, 0.25) is 0 Å². The third kappa shape index (κ3) is 5.48. The Hall–Kier alpha value is -1.75. The van der Waals surface area contributed by atoms with Crippen LogP contribution in [-0.2, 0) is 9.47 Å². The summed E-state index contributed by atoms with van der Waals surface area (Å²) in [6, 6.07) is 5.12. The average Bonchev–Trinajstić information content (AvgIpc) is 2.42. The van der Waals surface area contributed by atoms with Gasteiger partial charge in [-0.1, -0.05) is 0 Å². The first-order chi connectivity index (χ1) is 9.54. The van der Waals surface area contributed by atoms with E-state index in [1.54, 1.807) is 18.2 Å². The van der Waals surface area contributed by atoms with Crippen molar-refractivity contribution < 1.29 is 14.3 Å². The van der Waals surface area contributed by atoms with Crippen LogP contribution in [0.3, 0.4) is 0 Å². The lowest BCUT2D eigenvalue weighted by molar-refractivity contribution is 0.0600. The van der Waals surface area contributed by atoms with Crippen LogP contribution in [-0.4, -0.2) is 32.3 Å². The summed E-state index contributed by atoms with van der Waals surface area (Å²) in [6.07, 6.45) is 2.29. The predicted molar refractivity (Wildman–Crippen MR) is 81.0 cm³/mol. The molecule has 0 spiro atoms. The van der Waals surface area contributed by atoms with Crippen LogP contribution >= 0.6 is 0 Å². The predicted octanol–water partition coefficient (Wildman–Crippen LogP) is 2.67. The molecule has 112 valence electrons. The van der Waals surface area contributed by atoms with E-state index in [0.717, 1.165) is 31.7 Å². The third-order valence-electron chi connectivity index (χ3n) is 2.81. The van der Waals surface area contributed by atoms with Gasteiger partial charge in [0.05, 0.1) is 30.2 Å². The van der Waals surface area contributed by atoms with Crippen molar-refractivity contribution in [3.05, 3.63) is 23.8 Å². The Bertz CT molecular complexity index is 433. The van der Waals surface area contributed by atoms with E-state index in [4.69, 9.17) is 10.5 Å².